The van der Waals surface area contributed by atoms with Crippen LogP contribution in [0.2, 0.25) is 0 Å². The van der Waals surface area contributed by atoms with E-state index in [-0.39, 0.29) is 0 Å². The topological polar surface area (TPSA) is 44.1 Å². The number of nitrogens with zero attached hydrogens (tertiary/aromatic N) is 5. The molecule has 0 bridgehead atoms. The zero-order valence-electron chi connectivity index (χ0n) is 11.6. The summed E-state index contributed by atoms with van der Waals surface area (Å²) in [5.74, 6) is 1.03. The Morgan fingerprint density at radius 3 is 2.38 bits per heavy atom. The highest BCUT2D eigenvalue weighted by atomic mass is 79.9. The SMILES string of the molecule is Brc1ccc(/N=N/N2CCN(c3ccccn3)CC2)cc1. The largest absolute Gasteiger partial charge is 0.353 e. The van der Waals surface area contributed by atoms with Crippen LogP contribution in [-0.4, -0.2) is 36.2 Å². The van der Waals surface area contributed by atoms with Gasteiger partial charge in [0.15, 0.2) is 0 Å². The van der Waals surface area contributed by atoms with Crippen LogP contribution in [0, 0.1) is 0 Å². The van der Waals surface area contributed by atoms with Crippen LogP contribution in [0.1, 0.15) is 0 Å². The van der Waals surface area contributed by atoms with Crippen molar-refractivity contribution in [3.8, 4) is 0 Å². The van der Waals surface area contributed by atoms with Crippen molar-refractivity contribution in [3.63, 3.8) is 0 Å². The second-order valence-electron chi connectivity index (χ2n) is 4.79. The maximum atomic E-state index is 4.38. The molecule has 0 amide bonds. The summed E-state index contributed by atoms with van der Waals surface area (Å²) >= 11 is 3.41. The maximum absolute atomic E-state index is 4.38. The summed E-state index contributed by atoms with van der Waals surface area (Å²) in [6.45, 7) is 3.54. The molecular weight excluding hydrogens is 330 g/mol. The van der Waals surface area contributed by atoms with Crippen LogP contribution in [0.25, 0.3) is 0 Å². The van der Waals surface area contributed by atoms with Gasteiger partial charge >= 0.3 is 0 Å². The van der Waals surface area contributed by atoms with Gasteiger partial charge in [-0.25, -0.2) is 4.98 Å². The van der Waals surface area contributed by atoms with Gasteiger partial charge in [0, 0.05) is 23.8 Å². The number of rotatable bonds is 3. The van der Waals surface area contributed by atoms with E-state index in [1.54, 1.807) is 0 Å². The molecule has 0 radical (unpaired) electrons. The van der Waals surface area contributed by atoms with Crippen LogP contribution in [0.4, 0.5) is 11.5 Å². The Kier molecular flexibility index (Phi) is 4.45. The number of piperazine rings is 1. The number of pyridine rings is 1. The van der Waals surface area contributed by atoms with Crippen molar-refractivity contribution in [2.75, 3.05) is 31.1 Å². The average Bonchev–Trinajstić information content (AvgIpc) is 2.56. The number of halogens is 1. The quantitative estimate of drug-likeness (QED) is 0.797. The molecule has 1 aromatic carbocycles. The third-order valence-corrected chi connectivity index (χ3v) is 3.87. The van der Waals surface area contributed by atoms with Crippen molar-refractivity contribution in [2.45, 2.75) is 0 Å². The molecule has 1 aromatic heterocycles. The van der Waals surface area contributed by atoms with E-state index >= 15 is 0 Å². The second kappa shape index (κ2) is 6.67. The van der Waals surface area contributed by atoms with E-state index in [4.69, 9.17) is 0 Å². The van der Waals surface area contributed by atoms with Crippen molar-refractivity contribution < 1.29 is 0 Å². The fourth-order valence-corrected chi connectivity index (χ4v) is 2.44. The summed E-state index contributed by atoms with van der Waals surface area (Å²) in [4.78, 5) is 6.65. The molecule has 21 heavy (non-hydrogen) atoms. The minimum Gasteiger partial charge on any atom is -0.353 e. The minimum atomic E-state index is 0.858. The van der Waals surface area contributed by atoms with Gasteiger partial charge in [-0.15, -0.1) is 5.11 Å². The van der Waals surface area contributed by atoms with Gasteiger partial charge in [-0.2, -0.15) is 0 Å². The van der Waals surface area contributed by atoms with Gasteiger partial charge in [0.1, 0.15) is 5.82 Å². The Bertz CT molecular complexity index is 591. The molecule has 1 aliphatic rings. The smallest absolute Gasteiger partial charge is 0.128 e. The predicted molar refractivity (Wildman–Crippen MR) is 86.7 cm³/mol. The van der Waals surface area contributed by atoms with E-state index in [9.17, 15) is 0 Å². The first-order valence-electron chi connectivity index (χ1n) is 6.89. The number of anilines is 1. The van der Waals surface area contributed by atoms with E-state index in [1.165, 1.54) is 0 Å². The second-order valence-corrected chi connectivity index (χ2v) is 5.71. The molecule has 0 N–H and O–H groups in total. The van der Waals surface area contributed by atoms with Crippen molar-refractivity contribution in [1.82, 2.24) is 9.99 Å². The molecule has 1 aliphatic heterocycles. The summed E-state index contributed by atoms with van der Waals surface area (Å²) in [7, 11) is 0. The fourth-order valence-electron chi connectivity index (χ4n) is 2.18. The highest BCUT2D eigenvalue weighted by molar-refractivity contribution is 9.10. The van der Waals surface area contributed by atoms with Crippen LogP contribution >= 0.6 is 15.9 Å². The van der Waals surface area contributed by atoms with Gasteiger partial charge in [-0.1, -0.05) is 27.2 Å². The number of hydrogen-bond acceptors (Lipinski definition) is 4. The van der Waals surface area contributed by atoms with Crippen LogP contribution in [0.15, 0.2) is 63.5 Å². The fraction of sp³-hybridized carbons (Fsp3) is 0.267. The molecule has 1 saturated heterocycles. The van der Waals surface area contributed by atoms with E-state index in [0.29, 0.717) is 0 Å². The monoisotopic (exact) mass is 345 g/mol. The zero-order valence-corrected chi connectivity index (χ0v) is 13.1. The molecule has 108 valence electrons. The molecule has 0 spiro atoms. The third kappa shape index (κ3) is 3.78. The first-order chi connectivity index (χ1) is 10.3. The van der Waals surface area contributed by atoms with Gasteiger partial charge in [0.25, 0.3) is 0 Å². The Balaban J connectivity index is 1.55. The van der Waals surface area contributed by atoms with Crippen molar-refractivity contribution in [3.05, 3.63) is 53.1 Å². The molecule has 2 heterocycles. The van der Waals surface area contributed by atoms with Crippen molar-refractivity contribution in [1.29, 1.82) is 0 Å². The Morgan fingerprint density at radius 2 is 1.71 bits per heavy atom. The lowest BCUT2D eigenvalue weighted by atomic mass is 10.3. The molecule has 6 heteroatoms. The van der Waals surface area contributed by atoms with E-state index in [2.05, 4.69) is 36.2 Å². The third-order valence-electron chi connectivity index (χ3n) is 3.34. The first-order valence-corrected chi connectivity index (χ1v) is 7.69. The standard InChI is InChI=1S/C15H16BrN5/c16-13-4-6-14(7-5-13)18-19-21-11-9-20(10-12-21)15-3-1-2-8-17-15/h1-8H,9-12H2/b19-18+. The van der Waals surface area contributed by atoms with Crippen LogP contribution < -0.4 is 4.90 Å². The molecule has 5 nitrogen and oxygen atoms in total. The summed E-state index contributed by atoms with van der Waals surface area (Å²) in [6.07, 6.45) is 1.83. The predicted octanol–water partition coefficient (Wildman–Crippen LogP) is 3.67. The highest BCUT2D eigenvalue weighted by Crippen LogP contribution is 2.18. The van der Waals surface area contributed by atoms with Gasteiger partial charge in [-0.05, 0) is 36.4 Å². The summed E-state index contributed by atoms with van der Waals surface area (Å²) < 4.78 is 1.05. The Labute approximate surface area is 132 Å². The molecule has 1 fully saturated rings. The molecule has 0 unspecified atom stereocenters. The minimum absolute atomic E-state index is 0.858. The zero-order chi connectivity index (χ0) is 14.5. The molecule has 0 saturated carbocycles. The van der Waals surface area contributed by atoms with Crippen LogP contribution in [-0.2, 0) is 0 Å². The first kappa shape index (κ1) is 14.0. The number of hydrogen-bond donors (Lipinski definition) is 0. The van der Waals surface area contributed by atoms with Gasteiger partial charge in [-0.3, -0.25) is 5.01 Å². The summed E-state index contributed by atoms with van der Waals surface area (Å²) in [6, 6.07) is 13.8. The number of aromatic nitrogens is 1. The number of benzene rings is 1. The summed E-state index contributed by atoms with van der Waals surface area (Å²) in [5, 5.41) is 10.6. The molecule has 0 atom stereocenters. The average molecular weight is 346 g/mol. The lowest BCUT2D eigenvalue weighted by molar-refractivity contribution is 0.253. The van der Waals surface area contributed by atoms with Gasteiger partial charge in [0.05, 0.1) is 18.8 Å². The van der Waals surface area contributed by atoms with E-state index in [1.807, 2.05) is 53.7 Å². The lowest BCUT2D eigenvalue weighted by Gasteiger charge is -2.32. The lowest BCUT2D eigenvalue weighted by Crippen LogP contribution is -2.44. The van der Waals surface area contributed by atoms with Gasteiger partial charge in [0.2, 0.25) is 0 Å². The van der Waals surface area contributed by atoms with Crippen molar-refractivity contribution in [2.24, 2.45) is 10.3 Å². The maximum Gasteiger partial charge on any atom is 0.128 e. The van der Waals surface area contributed by atoms with Gasteiger partial charge < -0.3 is 4.90 Å². The van der Waals surface area contributed by atoms with Crippen LogP contribution in [0.5, 0.6) is 0 Å². The molecule has 0 aliphatic carbocycles. The Morgan fingerprint density at radius 1 is 0.952 bits per heavy atom. The van der Waals surface area contributed by atoms with E-state index in [0.717, 1.165) is 42.2 Å². The van der Waals surface area contributed by atoms with E-state index < -0.39 is 0 Å². The molecule has 2 aromatic rings. The normalized spacial score (nSPS) is 15.7. The Hall–Kier alpha value is -1.95. The highest BCUT2D eigenvalue weighted by Gasteiger charge is 2.16. The summed E-state index contributed by atoms with van der Waals surface area (Å²) in [5.41, 5.74) is 0.866. The molecular formula is C15H16BrN5. The van der Waals surface area contributed by atoms with Crippen LogP contribution in [0.3, 0.4) is 0 Å². The molecule has 3 rings (SSSR count). The van der Waals surface area contributed by atoms with Crippen molar-refractivity contribution >= 4 is 27.4 Å².